The molecule has 8 heteroatoms. The maximum atomic E-state index is 11.0. The van der Waals surface area contributed by atoms with E-state index in [9.17, 15) is 9.90 Å². The predicted molar refractivity (Wildman–Crippen MR) is 155 cm³/mol. The van der Waals surface area contributed by atoms with Gasteiger partial charge in [-0.1, -0.05) is 60.7 Å². The molecule has 3 aromatic rings. The quantitative estimate of drug-likeness (QED) is 0.187. The van der Waals surface area contributed by atoms with Crippen LogP contribution in [0.1, 0.15) is 22.3 Å². The maximum absolute atomic E-state index is 11.0. The van der Waals surface area contributed by atoms with Crippen LogP contribution in [0.2, 0.25) is 0 Å². The molecule has 3 rings (SSSR count). The van der Waals surface area contributed by atoms with Gasteiger partial charge in [-0.15, -0.1) is 0 Å². The molecule has 0 aliphatic carbocycles. The summed E-state index contributed by atoms with van der Waals surface area (Å²) < 4.78 is 22.2. The van der Waals surface area contributed by atoms with E-state index >= 15 is 0 Å². The summed E-state index contributed by atoms with van der Waals surface area (Å²) in [5, 5.41) is 12.0. The second-order valence-corrected chi connectivity index (χ2v) is 8.46. The van der Waals surface area contributed by atoms with Crippen LogP contribution in [-0.4, -0.2) is 64.2 Å². The summed E-state index contributed by atoms with van der Waals surface area (Å²) in [6.45, 7) is 2.63. The van der Waals surface area contributed by atoms with Crippen LogP contribution in [0.3, 0.4) is 0 Å². The maximum Gasteiger partial charge on any atom is 0.233 e. The minimum absolute atomic E-state index is 0.0183. The second kappa shape index (κ2) is 16.7. The lowest BCUT2D eigenvalue weighted by Crippen LogP contribution is -2.32. The first-order valence-electron chi connectivity index (χ1n) is 12.8. The van der Waals surface area contributed by atoms with Gasteiger partial charge < -0.3 is 35.1 Å². The Balaban J connectivity index is 1.39. The van der Waals surface area contributed by atoms with Crippen LogP contribution in [0.5, 0.6) is 17.2 Å². The van der Waals surface area contributed by atoms with Crippen molar-refractivity contribution in [3.05, 3.63) is 89.0 Å². The number of ether oxygens (including phenoxy) is 4. The smallest absolute Gasteiger partial charge is 0.233 e. The van der Waals surface area contributed by atoms with E-state index in [0.29, 0.717) is 39.6 Å². The first kappa shape index (κ1) is 29.4. The molecular formula is C31H36N2O6. The third-order valence-corrected chi connectivity index (χ3v) is 5.58. The van der Waals surface area contributed by atoms with Crippen molar-refractivity contribution in [3.8, 4) is 17.2 Å². The average Bonchev–Trinajstić information content (AvgIpc) is 2.97. The number of methoxy groups -OCH3 is 1. The van der Waals surface area contributed by atoms with Crippen molar-refractivity contribution >= 4 is 30.2 Å². The number of hydrogen-bond acceptors (Lipinski definition) is 7. The van der Waals surface area contributed by atoms with E-state index in [1.54, 1.807) is 19.2 Å². The van der Waals surface area contributed by atoms with Gasteiger partial charge in [0.1, 0.15) is 23.9 Å². The van der Waals surface area contributed by atoms with Gasteiger partial charge in [0.25, 0.3) is 0 Å². The Morgan fingerprint density at radius 3 is 2.08 bits per heavy atom. The van der Waals surface area contributed by atoms with Gasteiger partial charge in [0, 0.05) is 12.1 Å². The number of aromatic hydroxyl groups is 1. The Morgan fingerprint density at radius 1 is 0.795 bits per heavy atom. The van der Waals surface area contributed by atoms with E-state index < -0.39 is 0 Å². The monoisotopic (exact) mass is 532 g/mol. The van der Waals surface area contributed by atoms with Gasteiger partial charge in [-0.2, -0.15) is 0 Å². The first-order valence-corrected chi connectivity index (χ1v) is 12.8. The molecule has 1 amide bonds. The molecular weight excluding hydrogens is 496 g/mol. The van der Waals surface area contributed by atoms with E-state index in [1.807, 2.05) is 78.9 Å². The zero-order valence-corrected chi connectivity index (χ0v) is 22.2. The molecule has 0 radical (unpaired) electrons. The molecule has 0 atom stereocenters. The third-order valence-electron chi connectivity index (χ3n) is 5.58. The number of amides is 1. The molecule has 0 heterocycles. The van der Waals surface area contributed by atoms with Crippen LogP contribution >= 0.6 is 0 Å². The Bertz CT molecular complexity index is 1210. The van der Waals surface area contributed by atoms with Gasteiger partial charge in [-0.25, -0.2) is 0 Å². The molecule has 0 spiro atoms. The minimum atomic E-state index is -0.196. The topological polar surface area (TPSA) is 112 Å². The van der Waals surface area contributed by atoms with E-state index in [-0.39, 0.29) is 18.2 Å². The molecule has 0 unspecified atom stereocenters. The summed E-state index contributed by atoms with van der Waals surface area (Å²) in [4.78, 5) is 11.0. The molecule has 3 aromatic carbocycles. The zero-order valence-electron chi connectivity index (χ0n) is 22.2. The Labute approximate surface area is 229 Å². The van der Waals surface area contributed by atoms with Crippen LogP contribution in [0.25, 0.3) is 24.3 Å². The van der Waals surface area contributed by atoms with Gasteiger partial charge in [0.05, 0.1) is 40.1 Å². The molecule has 0 bridgehead atoms. The van der Waals surface area contributed by atoms with Crippen molar-refractivity contribution in [2.75, 3.05) is 53.2 Å². The minimum Gasteiger partial charge on any atom is -0.508 e. The van der Waals surface area contributed by atoms with Crippen LogP contribution < -0.4 is 20.5 Å². The van der Waals surface area contributed by atoms with Crippen molar-refractivity contribution in [1.82, 2.24) is 5.32 Å². The first-order chi connectivity index (χ1) is 19.1. The highest BCUT2D eigenvalue weighted by Crippen LogP contribution is 2.24. The summed E-state index contributed by atoms with van der Waals surface area (Å²) >= 11 is 0. The summed E-state index contributed by atoms with van der Waals surface area (Å²) in [5.74, 6) is 1.60. The van der Waals surface area contributed by atoms with Gasteiger partial charge >= 0.3 is 0 Å². The van der Waals surface area contributed by atoms with Crippen molar-refractivity contribution in [1.29, 1.82) is 0 Å². The van der Waals surface area contributed by atoms with Crippen molar-refractivity contribution < 1.29 is 28.8 Å². The van der Waals surface area contributed by atoms with Gasteiger partial charge in [-0.05, 0) is 47.0 Å². The molecule has 206 valence electrons. The normalized spacial score (nSPS) is 11.2. The number of rotatable bonds is 16. The highest BCUT2D eigenvalue weighted by molar-refractivity contribution is 5.77. The Morgan fingerprint density at radius 2 is 1.38 bits per heavy atom. The van der Waals surface area contributed by atoms with Crippen LogP contribution in [0.15, 0.2) is 66.7 Å². The number of nitrogens with two attached hydrogens (primary N) is 1. The lowest BCUT2D eigenvalue weighted by atomic mass is 10.1. The van der Waals surface area contributed by atoms with Crippen molar-refractivity contribution in [3.63, 3.8) is 0 Å². The number of nitrogens with one attached hydrogen (secondary N) is 1. The molecule has 0 aromatic heterocycles. The average molecular weight is 533 g/mol. The third kappa shape index (κ3) is 11.0. The molecule has 4 N–H and O–H groups in total. The molecule has 0 fully saturated rings. The zero-order chi connectivity index (χ0) is 27.7. The highest BCUT2D eigenvalue weighted by Gasteiger charge is 2.02. The molecule has 0 saturated carbocycles. The summed E-state index contributed by atoms with van der Waals surface area (Å²) in [6.07, 6.45) is 8.04. The summed E-state index contributed by atoms with van der Waals surface area (Å²) in [6, 6.07) is 20.9. The number of hydrogen-bond donors (Lipinski definition) is 3. The van der Waals surface area contributed by atoms with Crippen LogP contribution in [0, 0.1) is 0 Å². The highest BCUT2D eigenvalue weighted by atomic mass is 16.5. The van der Waals surface area contributed by atoms with E-state index in [1.165, 1.54) is 0 Å². The van der Waals surface area contributed by atoms with E-state index in [4.69, 9.17) is 24.7 Å². The molecule has 0 saturated heterocycles. The number of phenolic OH excluding ortho intramolecular Hbond substituents is 1. The fourth-order valence-electron chi connectivity index (χ4n) is 3.48. The van der Waals surface area contributed by atoms with E-state index in [0.717, 1.165) is 33.8 Å². The molecule has 0 aliphatic heterocycles. The molecule has 0 aliphatic rings. The molecule has 8 nitrogen and oxygen atoms in total. The Kier molecular flexibility index (Phi) is 12.6. The number of phenols is 1. The van der Waals surface area contributed by atoms with Crippen LogP contribution in [-0.2, 0) is 14.3 Å². The van der Waals surface area contributed by atoms with Crippen LogP contribution in [0.4, 0.5) is 0 Å². The SMILES string of the molecule is COc1cc(/C=C/c2ccc(O)cc2)ccc1/C=C/c1ccc(OCCOCCOCCNC(=O)CN)cc1. The predicted octanol–water partition coefficient (Wildman–Crippen LogP) is 4.23. The Hall–Kier alpha value is -4.11. The second-order valence-electron chi connectivity index (χ2n) is 8.46. The lowest BCUT2D eigenvalue weighted by molar-refractivity contribution is -0.120. The number of benzene rings is 3. The van der Waals surface area contributed by atoms with Gasteiger partial charge in [-0.3, -0.25) is 4.79 Å². The van der Waals surface area contributed by atoms with Gasteiger partial charge in [0.2, 0.25) is 5.91 Å². The summed E-state index contributed by atoms with van der Waals surface area (Å²) in [5.41, 5.74) is 9.24. The number of carbonyl (C=O) groups excluding carboxylic acids is 1. The fourth-order valence-corrected chi connectivity index (χ4v) is 3.48. The van der Waals surface area contributed by atoms with E-state index in [2.05, 4.69) is 5.32 Å². The fraction of sp³-hybridized carbons (Fsp3) is 0.258. The molecule has 39 heavy (non-hydrogen) atoms. The van der Waals surface area contributed by atoms with Crippen molar-refractivity contribution in [2.45, 2.75) is 0 Å². The van der Waals surface area contributed by atoms with Gasteiger partial charge in [0.15, 0.2) is 0 Å². The number of carbonyl (C=O) groups is 1. The lowest BCUT2D eigenvalue weighted by Gasteiger charge is -2.08. The summed E-state index contributed by atoms with van der Waals surface area (Å²) in [7, 11) is 1.66. The van der Waals surface area contributed by atoms with Crippen molar-refractivity contribution in [2.24, 2.45) is 5.73 Å². The standard InChI is InChI=1S/C31H36N2O6/c1-36-30-22-26(3-2-24-6-12-28(34)13-7-24)5-11-27(30)10-4-25-8-14-29(15-9-25)39-21-20-38-19-18-37-17-16-33-31(35)23-32/h2-15,22,34H,16-21,23,32H2,1H3,(H,33,35)/b3-2+,10-4+. The largest absolute Gasteiger partial charge is 0.508 e.